The van der Waals surface area contributed by atoms with Gasteiger partial charge in [0.2, 0.25) is 0 Å². The van der Waals surface area contributed by atoms with Crippen LogP contribution in [0.15, 0.2) is 12.2 Å². The monoisotopic (exact) mass is 192 g/mol. The Morgan fingerprint density at radius 3 is 2.93 bits per heavy atom. The van der Waals surface area contributed by atoms with E-state index in [0.717, 1.165) is 17.9 Å². The van der Waals surface area contributed by atoms with Crippen molar-refractivity contribution < 1.29 is 0 Å². The molecule has 2 nitrogen and oxygen atoms in total. The average Bonchev–Trinajstić information content (AvgIpc) is 2.85. The molecule has 3 atom stereocenters. The topological polar surface area (TPSA) is 15.3 Å². The molecule has 1 saturated heterocycles. The Morgan fingerprint density at radius 2 is 2.07 bits per heavy atom. The van der Waals surface area contributed by atoms with Gasteiger partial charge in [-0.3, -0.25) is 4.90 Å². The standard InChI is InChI=1S/C12H20N2/c1-2-7-14(6-1)9-12-11-5-3-4-10(11)8-13-12/h1-2,10-13H,3-9H2. The minimum Gasteiger partial charge on any atom is -0.312 e. The van der Waals surface area contributed by atoms with Gasteiger partial charge in [-0.25, -0.2) is 0 Å². The van der Waals surface area contributed by atoms with E-state index in [0.29, 0.717) is 0 Å². The van der Waals surface area contributed by atoms with Crippen molar-refractivity contribution in [1.29, 1.82) is 0 Å². The van der Waals surface area contributed by atoms with E-state index in [4.69, 9.17) is 0 Å². The van der Waals surface area contributed by atoms with Crippen molar-refractivity contribution in [3.8, 4) is 0 Å². The summed E-state index contributed by atoms with van der Waals surface area (Å²) in [5.41, 5.74) is 0. The van der Waals surface area contributed by atoms with Gasteiger partial charge in [0.25, 0.3) is 0 Å². The van der Waals surface area contributed by atoms with E-state index in [1.807, 2.05) is 0 Å². The lowest BCUT2D eigenvalue weighted by Gasteiger charge is -2.24. The molecule has 0 radical (unpaired) electrons. The largest absolute Gasteiger partial charge is 0.312 e. The zero-order valence-electron chi connectivity index (χ0n) is 8.78. The van der Waals surface area contributed by atoms with Crippen molar-refractivity contribution >= 4 is 0 Å². The first kappa shape index (κ1) is 8.93. The van der Waals surface area contributed by atoms with Crippen LogP contribution in [0, 0.1) is 11.8 Å². The molecule has 3 aliphatic rings. The van der Waals surface area contributed by atoms with Crippen molar-refractivity contribution in [2.75, 3.05) is 26.2 Å². The number of hydrogen-bond donors (Lipinski definition) is 1. The number of rotatable bonds is 2. The Morgan fingerprint density at radius 1 is 1.21 bits per heavy atom. The first-order chi connectivity index (χ1) is 6.93. The number of fused-ring (bicyclic) bond motifs is 1. The molecule has 1 saturated carbocycles. The van der Waals surface area contributed by atoms with Gasteiger partial charge in [0, 0.05) is 25.7 Å². The highest BCUT2D eigenvalue weighted by Crippen LogP contribution is 2.37. The fraction of sp³-hybridized carbons (Fsp3) is 0.833. The number of nitrogens with one attached hydrogen (secondary N) is 1. The van der Waals surface area contributed by atoms with Crippen LogP contribution in [-0.2, 0) is 0 Å². The van der Waals surface area contributed by atoms with E-state index in [2.05, 4.69) is 22.4 Å². The third kappa shape index (κ3) is 1.51. The van der Waals surface area contributed by atoms with Gasteiger partial charge in [-0.1, -0.05) is 18.6 Å². The maximum absolute atomic E-state index is 3.72. The Hall–Kier alpha value is -0.340. The van der Waals surface area contributed by atoms with Crippen LogP contribution >= 0.6 is 0 Å². The third-order valence-corrected chi connectivity index (χ3v) is 4.23. The predicted molar refractivity (Wildman–Crippen MR) is 58.2 cm³/mol. The molecule has 3 unspecified atom stereocenters. The summed E-state index contributed by atoms with van der Waals surface area (Å²) < 4.78 is 0. The number of nitrogens with zero attached hydrogens (tertiary/aromatic N) is 1. The van der Waals surface area contributed by atoms with Crippen LogP contribution in [0.5, 0.6) is 0 Å². The molecule has 2 aliphatic heterocycles. The predicted octanol–water partition coefficient (Wildman–Crippen LogP) is 1.25. The van der Waals surface area contributed by atoms with Gasteiger partial charge in [-0.2, -0.15) is 0 Å². The maximum Gasteiger partial charge on any atom is 0.0226 e. The normalized spacial score (nSPS) is 42.1. The molecule has 2 heteroatoms. The maximum atomic E-state index is 3.72. The Kier molecular flexibility index (Phi) is 2.34. The summed E-state index contributed by atoms with van der Waals surface area (Å²) in [5.74, 6) is 2.01. The minimum absolute atomic E-state index is 0.794. The van der Waals surface area contributed by atoms with E-state index in [1.54, 1.807) is 0 Å². The summed E-state index contributed by atoms with van der Waals surface area (Å²) >= 11 is 0. The van der Waals surface area contributed by atoms with Crippen LogP contribution in [-0.4, -0.2) is 37.1 Å². The number of hydrogen-bond acceptors (Lipinski definition) is 2. The lowest BCUT2D eigenvalue weighted by molar-refractivity contribution is 0.275. The van der Waals surface area contributed by atoms with Crippen LogP contribution in [0.3, 0.4) is 0 Å². The molecule has 0 aromatic heterocycles. The van der Waals surface area contributed by atoms with E-state index >= 15 is 0 Å². The highest BCUT2D eigenvalue weighted by atomic mass is 15.2. The average molecular weight is 192 g/mol. The second kappa shape index (κ2) is 3.67. The van der Waals surface area contributed by atoms with Crippen molar-refractivity contribution in [2.24, 2.45) is 11.8 Å². The Balaban J connectivity index is 1.57. The molecule has 1 aliphatic carbocycles. The SMILES string of the molecule is C1=CCN(CC2NCC3CCCC32)C1. The van der Waals surface area contributed by atoms with Crippen LogP contribution in [0.2, 0.25) is 0 Å². The molecule has 1 N–H and O–H groups in total. The minimum atomic E-state index is 0.794. The first-order valence-corrected chi connectivity index (χ1v) is 6.04. The highest BCUT2D eigenvalue weighted by molar-refractivity contribution is 5.00. The van der Waals surface area contributed by atoms with E-state index < -0.39 is 0 Å². The van der Waals surface area contributed by atoms with Crippen LogP contribution in [0.1, 0.15) is 19.3 Å². The van der Waals surface area contributed by atoms with E-state index in [9.17, 15) is 0 Å². The second-order valence-electron chi connectivity index (χ2n) is 5.06. The fourth-order valence-electron chi connectivity index (χ4n) is 3.45. The summed E-state index contributed by atoms with van der Waals surface area (Å²) in [5, 5.41) is 3.72. The first-order valence-electron chi connectivity index (χ1n) is 6.04. The van der Waals surface area contributed by atoms with Crippen molar-refractivity contribution in [1.82, 2.24) is 10.2 Å². The lowest BCUT2D eigenvalue weighted by atomic mass is 9.94. The van der Waals surface area contributed by atoms with Gasteiger partial charge < -0.3 is 5.32 Å². The van der Waals surface area contributed by atoms with Crippen molar-refractivity contribution in [3.05, 3.63) is 12.2 Å². The smallest absolute Gasteiger partial charge is 0.0226 e. The van der Waals surface area contributed by atoms with Crippen LogP contribution in [0.4, 0.5) is 0 Å². The van der Waals surface area contributed by atoms with Gasteiger partial charge in [0.05, 0.1) is 0 Å². The third-order valence-electron chi connectivity index (χ3n) is 4.23. The second-order valence-corrected chi connectivity index (χ2v) is 5.06. The summed E-state index contributed by atoms with van der Waals surface area (Å²) in [6.07, 6.45) is 9.02. The molecule has 2 fully saturated rings. The molecule has 2 heterocycles. The molecular weight excluding hydrogens is 172 g/mol. The molecule has 0 aromatic rings. The van der Waals surface area contributed by atoms with E-state index in [1.165, 1.54) is 45.4 Å². The zero-order valence-corrected chi connectivity index (χ0v) is 8.78. The zero-order chi connectivity index (χ0) is 9.38. The summed E-state index contributed by atoms with van der Waals surface area (Å²) in [6, 6.07) is 0.794. The van der Waals surface area contributed by atoms with Gasteiger partial charge in [0.15, 0.2) is 0 Å². The molecule has 0 aromatic carbocycles. The fourth-order valence-corrected chi connectivity index (χ4v) is 3.45. The Labute approximate surface area is 86.4 Å². The molecule has 0 bridgehead atoms. The van der Waals surface area contributed by atoms with Gasteiger partial charge >= 0.3 is 0 Å². The molecular formula is C12H20N2. The lowest BCUT2D eigenvalue weighted by Crippen LogP contribution is -2.39. The molecule has 0 spiro atoms. The summed E-state index contributed by atoms with van der Waals surface area (Å²) in [4.78, 5) is 2.55. The summed E-state index contributed by atoms with van der Waals surface area (Å²) in [6.45, 7) is 4.91. The Bertz CT molecular complexity index is 228. The molecule has 78 valence electrons. The van der Waals surface area contributed by atoms with Crippen LogP contribution < -0.4 is 5.32 Å². The van der Waals surface area contributed by atoms with Gasteiger partial charge in [-0.05, 0) is 31.2 Å². The van der Waals surface area contributed by atoms with Crippen LogP contribution in [0.25, 0.3) is 0 Å². The molecule has 14 heavy (non-hydrogen) atoms. The van der Waals surface area contributed by atoms with Crippen molar-refractivity contribution in [2.45, 2.75) is 25.3 Å². The van der Waals surface area contributed by atoms with E-state index in [-0.39, 0.29) is 0 Å². The summed E-state index contributed by atoms with van der Waals surface area (Å²) in [7, 11) is 0. The quantitative estimate of drug-likeness (QED) is 0.662. The van der Waals surface area contributed by atoms with Gasteiger partial charge in [-0.15, -0.1) is 0 Å². The molecule has 0 amide bonds. The van der Waals surface area contributed by atoms with Gasteiger partial charge in [0.1, 0.15) is 0 Å². The highest BCUT2D eigenvalue weighted by Gasteiger charge is 2.39. The molecule has 3 rings (SSSR count). The van der Waals surface area contributed by atoms with Crippen molar-refractivity contribution in [3.63, 3.8) is 0 Å².